The molecule has 1 rings (SSSR count). The van der Waals surface area contributed by atoms with Crippen LogP contribution in [0.4, 0.5) is 0 Å². The molecule has 0 bridgehead atoms. The lowest BCUT2D eigenvalue weighted by Gasteiger charge is -2.28. The second-order valence-electron chi connectivity index (χ2n) is 4.47. The second kappa shape index (κ2) is 6.76. The maximum absolute atomic E-state index is 11.6. The van der Waals surface area contributed by atoms with Gasteiger partial charge in [0.15, 0.2) is 0 Å². The maximum atomic E-state index is 11.6. The summed E-state index contributed by atoms with van der Waals surface area (Å²) in [6.45, 7) is 6.56. The lowest BCUT2D eigenvalue weighted by molar-refractivity contribution is 0.360. The predicted octanol–water partition coefficient (Wildman–Crippen LogP) is 0.381. The van der Waals surface area contributed by atoms with Crippen LogP contribution in [-0.2, 0) is 10.2 Å². The average molecular weight is 272 g/mol. The molecule has 98 valence electrons. The molecule has 0 aliphatic carbocycles. The van der Waals surface area contributed by atoms with Gasteiger partial charge in [0.05, 0.1) is 0 Å². The number of hydrogen-bond donors (Lipinski definition) is 3. The van der Waals surface area contributed by atoms with Crippen molar-refractivity contribution >= 4 is 22.6 Å². The van der Waals surface area contributed by atoms with E-state index >= 15 is 0 Å². The molecule has 1 saturated heterocycles. The summed E-state index contributed by atoms with van der Waals surface area (Å²) < 4.78 is 28.3. The summed E-state index contributed by atoms with van der Waals surface area (Å²) in [6, 6.07) is 0.365. The van der Waals surface area contributed by atoms with Crippen LogP contribution >= 0.6 is 12.4 Å². The van der Waals surface area contributed by atoms with Crippen LogP contribution in [0.25, 0.3) is 0 Å². The molecular weight excluding hydrogens is 250 g/mol. The Morgan fingerprint density at radius 1 is 1.38 bits per heavy atom. The highest BCUT2D eigenvalue weighted by atomic mass is 35.5. The molecule has 1 heterocycles. The van der Waals surface area contributed by atoms with Crippen molar-refractivity contribution in [3.05, 3.63) is 0 Å². The van der Waals surface area contributed by atoms with Crippen LogP contribution in [0.2, 0.25) is 0 Å². The summed E-state index contributed by atoms with van der Waals surface area (Å²) in [4.78, 5) is 0. The van der Waals surface area contributed by atoms with Gasteiger partial charge in [0.2, 0.25) is 0 Å². The summed E-state index contributed by atoms with van der Waals surface area (Å²) >= 11 is 0. The van der Waals surface area contributed by atoms with E-state index in [0.717, 1.165) is 19.4 Å². The highest BCUT2D eigenvalue weighted by Gasteiger charge is 2.23. The lowest BCUT2D eigenvalue weighted by Crippen LogP contribution is -2.50. The summed E-state index contributed by atoms with van der Waals surface area (Å²) in [5.41, 5.74) is 0. The van der Waals surface area contributed by atoms with E-state index in [1.807, 2.05) is 13.8 Å². The Morgan fingerprint density at radius 2 is 2.00 bits per heavy atom. The van der Waals surface area contributed by atoms with Crippen molar-refractivity contribution < 1.29 is 8.42 Å². The van der Waals surface area contributed by atoms with Crippen LogP contribution in [0.15, 0.2) is 0 Å². The molecule has 0 aromatic carbocycles. The van der Waals surface area contributed by atoms with Crippen LogP contribution < -0.4 is 14.8 Å². The first-order valence-electron chi connectivity index (χ1n) is 5.42. The zero-order valence-corrected chi connectivity index (χ0v) is 11.6. The zero-order chi connectivity index (χ0) is 11.5. The molecule has 1 aliphatic rings. The number of rotatable bonds is 4. The minimum atomic E-state index is -3.33. The average Bonchev–Trinajstić information content (AvgIpc) is 1.99. The van der Waals surface area contributed by atoms with Crippen molar-refractivity contribution in [1.82, 2.24) is 14.8 Å². The van der Waals surface area contributed by atoms with Gasteiger partial charge in [-0.05, 0) is 40.2 Å². The molecule has 2 unspecified atom stereocenters. The molecule has 5 nitrogen and oxygen atoms in total. The molecular formula is C9H22ClN3O2S. The molecule has 16 heavy (non-hydrogen) atoms. The molecule has 7 heteroatoms. The normalized spacial score (nSPS) is 26.5. The molecule has 2 atom stereocenters. The largest absolute Gasteiger partial charge is 0.314 e. The van der Waals surface area contributed by atoms with Gasteiger partial charge in [0.25, 0.3) is 10.2 Å². The highest BCUT2D eigenvalue weighted by Crippen LogP contribution is 2.08. The van der Waals surface area contributed by atoms with Crippen molar-refractivity contribution in [2.45, 2.75) is 51.7 Å². The predicted molar refractivity (Wildman–Crippen MR) is 68.1 cm³/mol. The van der Waals surface area contributed by atoms with E-state index in [4.69, 9.17) is 0 Å². The fourth-order valence-corrected chi connectivity index (χ4v) is 3.14. The first kappa shape index (κ1) is 16.1. The third-order valence-corrected chi connectivity index (χ3v) is 3.76. The van der Waals surface area contributed by atoms with Crippen LogP contribution in [0.1, 0.15) is 33.6 Å². The molecule has 1 aliphatic heterocycles. The topological polar surface area (TPSA) is 70.2 Å². The summed E-state index contributed by atoms with van der Waals surface area (Å²) in [6.07, 6.45) is 1.70. The molecule has 1 fully saturated rings. The standard InChI is InChI=1S/C9H21N3O2S.ClH/c1-7(2)11-15(13,14)12-9-4-5-10-8(3)6-9;/h7-12H,4-6H2,1-3H3;1H. The zero-order valence-electron chi connectivity index (χ0n) is 9.99. The second-order valence-corrected chi connectivity index (χ2v) is 5.95. The van der Waals surface area contributed by atoms with Crippen molar-refractivity contribution in [2.75, 3.05) is 6.54 Å². The minimum Gasteiger partial charge on any atom is -0.314 e. The molecule has 0 spiro atoms. The summed E-state index contributed by atoms with van der Waals surface area (Å²) in [7, 11) is -3.33. The Bertz CT molecular complexity index is 295. The van der Waals surface area contributed by atoms with Crippen molar-refractivity contribution in [1.29, 1.82) is 0 Å². The monoisotopic (exact) mass is 271 g/mol. The number of hydrogen-bond acceptors (Lipinski definition) is 3. The Labute approximate surface area is 104 Å². The smallest absolute Gasteiger partial charge is 0.277 e. The third-order valence-electron chi connectivity index (χ3n) is 2.34. The van der Waals surface area contributed by atoms with Gasteiger partial charge < -0.3 is 5.32 Å². The number of halogens is 1. The Kier molecular flexibility index (Phi) is 6.81. The molecule has 0 amide bonds. The summed E-state index contributed by atoms with van der Waals surface area (Å²) in [5.74, 6) is 0. The number of nitrogens with one attached hydrogen (secondary N) is 3. The van der Waals surface area contributed by atoms with E-state index in [-0.39, 0.29) is 24.5 Å². The fraction of sp³-hybridized carbons (Fsp3) is 1.00. The SMILES string of the molecule is CC(C)NS(=O)(=O)NC1CCNC(C)C1.Cl. The van der Waals surface area contributed by atoms with Gasteiger partial charge in [-0.3, -0.25) is 0 Å². The van der Waals surface area contributed by atoms with Gasteiger partial charge in [-0.1, -0.05) is 0 Å². The number of piperidine rings is 1. The highest BCUT2D eigenvalue weighted by molar-refractivity contribution is 7.87. The molecule has 0 saturated carbocycles. The van der Waals surface area contributed by atoms with Gasteiger partial charge in [-0.25, -0.2) is 0 Å². The Balaban J connectivity index is 0.00000225. The van der Waals surface area contributed by atoms with E-state index in [2.05, 4.69) is 21.7 Å². The lowest BCUT2D eigenvalue weighted by atomic mass is 10.0. The van der Waals surface area contributed by atoms with Crippen LogP contribution in [0, 0.1) is 0 Å². The van der Waals surface area contributed by atoms with Gasteiger partial charge in [-0.2, -0.15) is 17.9 Å². The summed E-state index contributed by atoms with van der Waals surface area (Å²) in [5, 5.41) is 3.28. The fourth-order valence-electron chi connectivity index (χ4n) is 1.80. The molecule has 0 aromatic heterocycles. The van der Waals surface area contributed by atoms with E-state index in [1.54, 1.807) is 0 Å². The van der Waals surface area contributed by atoms with E-state index in [9.17, 15) is 8.42 Å². The van der Waals surface area contributed by atoms with Gasteiger partial charge in [0, 0.05) is 18.1 Å². The van der Waals surface area contributed by atoms with Gasteiger partial charge in [-0.15, -0.1) is 12.4 Å². The third kappa shape index (κ3) is 6.00. The Hall–Kier alpha value is 0.120. The van der Waals surface area contributed by atoms with E-state index in [1.165, 1.54) is 0 Å². The van der Waals surface area contributed by atoms with E-state index < -0.39 is 10.2 Å². The Morgan fingerprint density at radius 3 is 2.50 bits per heavy atom. The molecule has 0 aromatic rings. The van der Waals surface area contributed by atoms with Crippen LogP contribution in [-0.4, -0.2) is 33.1 Å². The van der Waals surface area contributed by atoms with Gasteiger partial charge >= 0.3 is 0 Å². The van der Waals surface area contributed by atoms with Crippen LogP contribution in [0.3, 0.4) is 0 Å². The van der Waals surface area contributed by atoms with Crippen molar-refractivity contribution in [2.24, 2.45) is 0 Å². The van der Waals surface area contributed by atoms with Crippen molar-refractivity contribution in [3.8, 4) is 0 Å². The maximum Gasteiger partial charge on any atom is 0.277 e. The van der Waals surface area contributed by atoms with E-state index in [0.29, 0.717) is 6.04 Å². The minimum absolute atomic E-state index is 0. The first-order chi connectivity index (χ1) is 6.89. The molecule has 3 N–H and O–H groups in total. The first-order valence-corrected chi connectivity index (χ1v) is 6.90. The molecule has 0 radical (unpaired) electrons. The van der Waals surface area contributed by atoms with Crippen LogP contribution in [0.5, 0.6) is 0 Å². The quantitative estimate of drug-likeness (QED) is 0.692. The van der Waals surface area contributed by atoms with Crippen molar-refractivity contribution in [3.63, 3.8) is 0 Å². The van der Waals surface area contributed by atoms with Gasteiger partial charge in [0.1, 0.15) is 0 Å².